The van der Waals surface area contributed by atoms with E-state index >= 15 is 0 Å². The predicted molar refractivity (Wildman–Crippen MR) is 108 cm³/mol. The van der Waals surface area contributed by atoms with Crippen LogP contribution in [0.15, 0.2) is 22.7 Å². The summed E-state index contributed by atoms with van der Waals surface area (Å²) in [6.45, 7) is 6.47. The van der Waals surface area contributed by atoms with E-state index in [-0.39, 0.29) is 36.9 Å². The van der Waals surface area contributed by atoms with Crippen LogP contribution in [-0.4, -0.2) is 79.4 Å². The van der Waals surface area contributed by atoms with E-state index in [2.05, 4.69) is 21.2 Å². The Morgan fingerprint density at radius 2 is 1.89 bits per heavy atom. The molecule has 8 nitrogen and oxygen atoms in total. The molecule has 0 unspecified atom stereocenters. The standard InChI is InChI=1S/C19H25BrN4O4/c1-13(2)21-17(25)10-22-5-7-23(8-6-22)18(26)11-24-15-4-3-14(20)9-16(15)28-12-19(24)27/h3-4,9,13H,5-8,10-12H2,1-2H3,(H,21,25). The summed E-state index contributed by atoms with van der Waals surface area (Å²) >= 11 is 3.38. The van der Waals surface area contributed by atoms with Gasteiger partial charge in [-0.05, 0) is 32.0 Å². The molecule has 2 heterocycles. The maximum Gasteiger partial charge on any atom is 0.265 e. The van der Waals surface area contributed by atoms with Crippen LogP contribution >= 0.6 is 15.9 Å². The third-order valence-corrected chi connectivity index (χ3v) is 5.19. The summed E-state index contributed by atoms with van der Waals surface area (Å²) < 4.78 is 6.31. The Kier molecular flexibility index (Phi) is 6.56. The highest BCUT2D eigenvalue weighted by atomic mass is 79.9. The molecular formula is C19H25BrN4O4. The lowest BCUT2D eigenvalue weighted by Crippen LogP contribution is -2.54. The fourth-order valence-corrected chi connectivity index (χ4v) is 3.65. The lowest BCUT2D eigenvalue weighted by molar-refractivity contribution is -0.133. The number of nitrogens with zero attached hydrogens (tertiary/aromatic N) is 3. The molecule has 0 spiro atoms. The van der Waals surface area contributed by atoms with Crippen molar-refractivity contribution < 1.29 is 19.1 Å². The molecule has 2 aliphatic heterocycles. The smallest absolute Gasteiger partial charge is 0.265 e. The van der Waals surface area contributed by atoms with Gasteiger partial charge in [0.25, 0.3) is 5.91 Å². The van der Waals surface area contributed by atoms with Gasteiger partial charge in [0.2, 0.25) is 11.8 Å². The third-order valence-electron chi connectivity index (χ3n) is 4.70. The lowest BCUT2D eigenvalue weighted by Gasteiger charge is -2.36. The number of amides is 3. The number of halogens is 1. The molecule has 0 radical (unpaired) electrons. The van der Waals surface area contributed by atoms with Gasteiger partial charge in [-0.3, -0.25) is 24.2 Å². The van der Waals surface area contributed by atoms with E-state index in [1.807, 2.05) is 24.8 Å². The lowest BCUT2D eigenvalue weighted by atomic mass is 10.2. The number of anilines is 1. The number of ether oxygens (including phenoxy) is 1. The second kappa shape index (κ2) is 8.91. The molecule has 3 rings (SSSR count). The van der Waals surface area contributed by atoms with Gasteiger partial charge in [-0.1, -0.05) is 15.9 Å². The number of rotatable bonds is 5. The van der Waals surface area contributed by atoms with Crippen molar-refractivity contribution in [2.24, 2.45) is 0 Å². The minimum atomic E-state index is -0.229. The largest absolute Gasteiger partial charge is 0.482 e. The summed E-state index contributed by atoms with van der Waals surface area (Å²) in [4.78, 5) is 42.2. The maximum absolute atomic E-state index is 12.7. The number of hydrogen-bond donors (Lipinski definition) is 1. The van der Waals surface area contributed by atoms with Crippen molar-refractivity contribution in [2.75, 3.05) is 50.8 Å². The van der Waals surface area contributed by atoms with Gasteiger partial charge in [-0.25, -0.2) is 0 Å². The van der Waals surface area contributed by atoms with E-state index in [1.54, 1.807) is 17.0 Å². The fourth-order valence-electron chi connectivity index (χ4n) is 3.31. The molecular weight excluding hydrogens is 428 g/mol. The molecule has 0 saturated carbocycles. The van der Waals surface area contributed by atoms with Crippen LogP contribution in [0, 0.1) is 0 Å². The van der Waals surface area contributed by atoms with E-state index < -0.39 is 0 Å². The van der Waals surface area contributed by atoms with Crippen LogP contribution in [0.2, 0.25) is 0 Å². The summed E-state index contributed by atoms with van der Waals surface area (Å²) in [7, 11) is 0. The van der Waals surface area contributed by atoms with Crippen LogP contribution in [0.4, 0.5) is 5.69 Å². The van der Waals surface area contributed by atoms with Gasteiger partial charge in [0.15, 0.2) is 6.61 Å². The molecule has 3 amide bonds. The van der Waals surface area contributed by atoms with E-state index in [0.717, 1.165) is 4.47 Å². The SMILES string of the molecule is CC(C)NC(=O)CN1CCN(C(=O)CN2C(=O)COc3cc(Br)ccc32)CC1. The number of piperazine rings is 1. The Hall–Kier alpha value is -2.13. The summed E-state index contributed by atoms with van der Waals surface area (Å²) in [6.07, 6.45) is 0. The molecule has 1 aromatic carbocycles. The molecule has 0 bridgehead atoms. The second-order valence-corrected chi connectivity index (χ2v) is 8.18. The molecule has 0 aliphatic carbocycles. The normalized spacial score (nSPS) is 17.4. The Morgan fingerprint density at radius 3 is 2.57 bits per heavy atom. The molecule has 152 valence electrons. The van der Waals surface area contributed by atoms with Gasteiger partial charge in [0.05, 0.1) is 12.2 Å². The van der Waals surface area contributed by atoms with Crippen LogP contribution in [-0.2, 0) is 14.4 Å². The van der Waals surface area contributed by atoms with Crippen molar-refractivity contribution in [3.8, 4) is 5.75 Å². The molecule has 0 aromatic heterocycles. The number of carbonyl (C=O) groups excluding carboxylic acids is 3. The molecule has 2 aliphatic rings. The van der Waals surface area contributed by atoms with Crippen molar-refractivity contribution in [3.63, 3.8) is 0 Å². The molecule has 0 atom stereocenters. The zero-order chi connectivity index (χ0) is 20.3. The number of fused-ring (bicyclic) bond motifs is 1. The first-order valence-corrected chi connectivity index (χ1v) is 10.1. The molecule has 1 saturated heterocycles. The van der Waals surface area contributed by atoms with Crippen LogP contribution in [0.1, 0.15) is 13.8 Å². The van der Waals surface area contributed by atoms with E-state index in [0.29, 0.717) is 44.2 Å². The van der Waals surface area contributed by atoms with Crippen molar-refractivity contribution in [3.05, 3.63) is 22.7 Å². The average Bonchev–Trinajstić information content (AvgIpc) is 2.63. The number of nitrogens with one attached hydrogen (secondary N) is 1. The van der Waals surface area contributed by atoms with Crippen molar-refractivity contribution in [1.82, 2.24) is 15.1 Å². The van der Waals surface area contributed by atoms with Crippen LogP contribution in [0.3, 0.4) is 0 Å². The maximum atomic E-state index is 12.7. The monoisotopic (exact) mass is 452 g/mol. The fraction of sp³-hybridized carbons (Fsp3) is 0.526. The van der Waals surface area contributed by atoms with Crippen molar-refractivity contribution in [1.29, 1.82) is 0 Å². The summed E-state index contributed by atoms with van der Waals surface area (Å²) in [5.74, 6) is 0.252. The first-order valence-electron chi connectivity index (χ1n) is 9.35. The molecule has 1 N–H and O–H groups in total. The van der Waals surface area contributed by atoms with E-state index in [1.165, 1.54) is 4.90 Å². The molecule has 28 heavy (non-hydrogen) atoms. The minimum Gasteiger partial charge on any atom is -0.482 e. The topological polar surface area (TPSA) is 82.2 Å². The summed E-state index contributed by atoms with van der Waals surface area (Å²) in [5, 5.41) is 2.88. The Bertz CT molecular complexity index is 762. The molecule has 1 aromatic rings. The van der Waals surface area contributed by atoms with Gasteiger partial charge in [-0.2, -0.15) is 0 Å². The first-order chi connectivity index (χ1) is 13.3. The zero-order valence-electron chi connectivity index (χ0n) is 16.1. The Labute approximate surface area is 172 Å². The van der Waals surface area contributed by atoms with Gasteiger partial charge in [0, 0.05) is 36.7 Å². The second-order valence-electron chi connectivity index (χ2n) is 7.26. The van der Waals surface area contributed by atoms with Crippen LogP contribution in [0.5, 0.6) is 5.75 Å². The van der Waals surface area contributed by atoms with Gasteiger partial charge in [0.1, 0.15) is 12.3 Å². The van der Waals surface area contributed by atoms with Gasteiger partial charge in [-0.15, -0.1) is 0 Å². The van der Waals surface area contributed by atoms with E-state index in [4.69, 9.17) is 4.74 Å². The summed E-state index contributed by atoms with van der Waals surface area (Å²) in [6, 6.07) is 5.50. The number of carbonyl (C=O) groups is 3. The Morgan fingerprint density at radius 1 is 1.18 bits per heavy atom. The minimum absolute atomic E-state index is 0.00328. The van der Waals surface area contributed by atoms with E-state index in [9.17, 15) is 14.4 Å². The van der Waals surface area contributed by atoms with Crippen molar-refractivity contribution in [2.45, 2.75) is 19.9 Å². The van der Waals surface area contributed by atoms with Gasteiger partial charge >= 0.3 is 0 Å². The van der Waals surface area contributed by atoms with Gasteiger partial charge < -0.3 is 15.0 Å². The number of hydrogen-bond acceptors (Lipinski definition) is 5. The quantitative estimate of drug-likeness (QED) is 0.715. The number of benzene rings is 1. The Balaban J connectivity index is 1.55. The van der Waals surface area contributed by atoms with Crippen molar-refractivity contribution >= 4 is 39.3 Å². The van der Waals surface area contributed by atoms with Crippen LogP contribution in [0.25, 0.3) is 0 Å². The molecule has 9 heteroatoms. The summed E-state index contributed by atoms with van der Waals surface area (Å²) in [5.41, 5.74) is 0.608. The first kappa shape index (κ1) is 20.6. The highest BCUT2D eigenvalue weighted by Gasteiger charge is 2.30. The predicted octanol–water partition coefficient (Wildman–Crippen LogP) is 0.843. The average molecular weight is 453 g/mol. The zero-order valence-corrected chi connectivity index (χ0v) is 17.7. The third kappa shape index (κ3) is 5.02. The van der Waals surface area contributed by atoms with Crippen LogP contribution < -0.4 is 15.0 Å². The highest BCUT2D eigenvalue weighted by Crippen LogP contribution is 2.34. The molecule has 1 fully saturated rings. The highest BCUT2D eigenvalue weighted by molar-refractivity contribution is 9.10.